The predicted molar refractivity (Wildman–Crippen MR) is 145 cm³/mol. The standard InChI is InChI=1S/C28H38N6O2/c1-2-12-29-27(35)22-32-13-15-33(16-14-32)23-28(36)30-25-8-10-26(11-9-25)34-19-17-31(18-20-34)21-24-6-4-3-5-7-24/h2-11H,1,12-23H2,(H,29,35)(H,30,36). The topological polar surface area (TPSA) is 71.2 Å². The van der Waals surface area contributed by atoms with Gasteiger partial charge in [-0.15, -0.1) is 6.58 Å². The zero-order chi connectivity index (χ0) is 25.2. The Hall–Kier alpha value is -3.20. The predicted octanol–water partition coefficient (Wildman–Crippen LogP) is 1.87. The van der Waals surface area contributed by atoms with Crippen LogP contribution in [0.1, 0.15) is 5.56 Å². The minimum Gasteiger partial charge on any atom is -0.369 e. The summed E-state index contributed by atoms with van der Waals surface area (Å²) in [6.45, 7) is 13.0. The van der Waals surface area contributed by atoms with Gasteiger partial charge in [0.15, 0.2) is 0 Å². The number of carbonyl (C=O) groups is 2. The molecule has 0 unspecified atom stereocenters. The Labute approximate surface area is 214 Å². The molecular formula is C28H38N6O2. The van der Waals surface area contributed by atoms with Crippen LogP contribution in [-0.4, -0.2) is 98.5 Å². The first-order valence-electron chi connectivity index (χ1n) is 12.8. The summed E-state index contributed by atoms with van der Waals surface area (Å²) in [5, 5.41) is 5.83. The highest BCUT2D eigenvalue weighted by Gasteiger charge is 2.21. The van der Waals surface area contributed by atoms with E-state index in [0.717, 1.165) is 64.6 Å². The molecule has 0 bridgehead atoms. The first-order valence-corrected chi connectivity index (χ1v) is 12.8. The highest BCUT2D eigenvalue weighted by Crippen LogP contribution is 2.20. The number of benzene rings is 2. The second kappa shape index (κ2) is 13.2. The van der Waals surface area contributed by atoms with Gasteiger partial charge in [-0.05, 0) is 29.8 Å². The second-order valence-corrected chi connectivity index (χ2v) is 9.49. The Bertz CT molecular complexity index is 981. The van der Waals surface area contributed by atoms with Gasteiger partial charge in [-0.2, -0.15) is 0 Å². The summed E-state index contributed by atoms with van der Waals surface area (Å²) in [4.78, 5) is 33.6. The molecule has 0 spiro atoms. The van der Waals surface area contributed by atoms with Crippen LogP contribution in [0, 0.1) is 0 Å². The molecule has 2 aliphatic rings. The van der Waals surface area contributed by atoms with Crippen LogP contribution in [0.3, 0.4) is 0 Å². The Morgan fingerprint density at radius 1 is 0.750 bits per heavy atom. The third kappa shape index (κ3) is 7.91. The minimum absolute atomic E-state index is 0.00514. The molecule has 0 radical (unpaired) electrons. The molecule has 2 aromatic rings. The van der Waals surface area contributed by atoms with Crippen molar-refractivity contribution in [1.29, 1.82) is 0 Å². The number of amides is 2. The summed E-state index contributed by atoms with van der Waals surface area (Å²) in [7, 11) is 0. The molecule has 2 heterocycles. The summed E-state index contributed by atoms with van der Waals surface area (Å²) in [5.41, 5.74) is 3.38. The largest absolute Gasteiger partial charge is 0.369 e. The average Bonchev–Trinajstić information content (AvgIpc) is 2.90. The molecule has 2 saturated heterocycles. The third-order valence-electron chi connectivity index (χ3n) is 6.78. The summed E-state index contributed by atoms with van der Waals surface area (Å²) in [5.74, 6) is 0.00746. The molecule has 2 amide bonds. The molecule has 8 nitrogen and oxygen atoms in total. The van der Waals surface area contributed by atoms with Gasteiger partial charge in [0.1, 0.15) is 0 Å². The van der Waals surface area contributed by atoms with Gasteiger partial charge >= 0.3 is 0 Å². The van der Waals surface area contributed by atoms with Crippen LogP contribution >= 0.6 is 0 Å². The van der Waals surface area contributed by atoms with E-state index in [0.29, 0.717) is 19.6 Å². The molecule has 36 heavy (non-hydrogen) atoms. The normalized spacial score (nSPS) is 17.5. The molecule has 0 aliphatic carbocycles. The molecule has 0 saturated carbocycles. The number of hydrogen-bond acceptors (Lipinski definition) is 6. The molecule has 2 aromatic carbocycles. The summed E-state index contributed by atoms with van der Waals surface area (Å²) in [6, 6.07) is 18.8. The Morgan fingerprint density at radius 3 is 1.94 bits per heavy atom. The monoisotopic (exact) mass is 490 g/mol. The fourth-order valence-corrected chi connectivity index (χ4v) is 4.72. The van der Waals surface area contributed by atoms with Crippen molar-refractivity contribution in [3.8, 4) is 0 Å². The lowest BCUT2D eigenvalue weighted by molar-refractivity contribution is -0.123. The molecule has 2 fully saturated rings. The van der Waals surface area contributed by atoms with Crippen molar-refractivity contribution in [3.05, 3.63) is 72.8 Å². The number of piperazine rings is 2. The number of anilines is 2. The molecule has 8 heteroatoms. The van der Waals surface area contributed by atoms with Crippen LogP contribution in [0.2, 0.25) is 0 Å². The van der Waals surface area contributed by atoms with Crippen molar-refractivity contribution >= 4 is 23.2 Å². The van der Waals surface area contributed by atoms with Crippen molar-refractivity contribution in [2.45, 2.75) is 6.54 Å². The van der Waals surface area contributed by atoms with Crippen molar-refractivity contribution in [1.82, 2.24) is 20.0 Å². The number of hydrogen-bond donors (Lipinski definition) is 2. The molecular weight excluding hydrogens is 452 g/mol. The summed E-state index contributed by atoms with van der Waals surface area (Å²) < 4.78 is 0. The van der Waals surface area contributed by atoms with Crippen molar-refractivity contribution < 1.29 is 9.59 Å². The number of nitrogens with one attached hydrogen (secondary N) is 2. The maximum Gasteiger partial charge on any atom is 0.238 e. The van der Waals surface area contributed by atoms with E-state index >= 15 is 0 Å². The van der Waals surface area contributed by atoms with Gasteiger partial charge in [0.2, 0.25) is 11.8 Å². The molecule has 2 N–H and O–H groups in total. The van der Waals surface area contributed by atoms with Crippen molar-refractivity contribution in [3.63, 3.8) is 0 Å². The van der Waals surface area contributed by atoms with Gasteiger partial charge < -0.3 is 15.5 Å². The Morgan fingerprint density at radius 2 is 1.33 bits per heavy atom. The van der Waals surface area contributed by atoms with Crippen LogP contribution in [0.25, 0.3) is 0 Å². The van der Waals surface area contributed by atoms with Gasteiger partial charge in [-0.25, -0.2) is 0 Å². The maximum atomic E-state index is 12.6. The van der Waals surface area contributed by atoms with Crippen LogP contribution in [0.4, 0.5) is 11.4 Å². The van der Waals surface area contributed by atoms with Crippen molar-refractivity contribution in [2.75, 3.05) is 82.2 Å². The zero-order valence-electron chi connectivity index (χ0n) is 21.1. The van der Waals surface area contributed by atoms with Gasteiger partial charge in [0.25, 0.3) is 0 Å². The average molecular weight is 491 g/mol. The smallest absolute Gasteiger partial charge is 0.238 e. The van der Waals surface area contributed by atoms with E-state index in [-0.39, 0.29) is 11.8 Å². The van der Waals surface area contributed by atoms with Crippen LogP contribution in [-0.2, 0) is 16.1 Å². The lowest BCUT2D eigenvalue weighted by Crippen LogP contribution is -2.51. The summed E-state index contributed by atoms with van der Waals surface area (Å²) in [6.07, 6.45) is 1.68. The number of rotatable bonds is 10. The highest BCUT2D eigenvalue weighted by atomic mass is 16.2. The first kappa shape index (κ1) is 25.9. The Balaban J connectivity index is 1.15. The van der Waals surface area contributed by atoms with E-state index < -0.39 is 0 Å². The van der Waals surface area contributed by atoms with Gasteiger partial charge in [0.05, 0.1) is 13.1 Å². The first-order chi connectivity index (χ1) is 17.6. The van der Waals surface area contributed by atoms with Gasteiger partial charge in [-0.1, -0.05) is 36.4 Å². The second-order valence-electron chi connectivity index (χ2n) is 9.49. The zero-order valence-corrected chi connectivity index (χ0v) is 21.1. The molecule has 2 aliphatic heterocycles. The van der Waals surface area contributed by atoms with E-state index in [1.54, 1.807) is 6.08 Å². The van der Waals surface area contributed by atoms with Gasteiger partial charge in [-0.3, -0.25) is 24.3 Å². The van der Waals surface area contributed by atoms with Gasteiger partial charge in [0, 0.05) is 76.8 Å². The minimum atomic E-state index is -0.00514. The van der Waals surface area contributed by atoms with Crippen LogP contribution in [0.5, 0.6) is 0 Å². The van der Waals surface area contributed by atoms with E-state index in [1.165, 1.54) is 11.3 Å². The van der Waals surface area contributed by atoms with Crippen molar-refractivity contribution in [2.24, 2.45) is 0 Å². The highest BCUT2D eigenvalue weighted by molar-refractivity contribution is 5.92. The molecule has 0 aromatic heterocycles. The lowest BCUT2D eigenvalue weighted by atomic mass is 10.2. The molecule has 0 atom stereocenters. The number of nitrogens with zero attached hydrogens (tertiary/aromatic N) is 4. The van der Waals surface area contributed by atoms with E-state index in [4.69, 9.17) is 0 Å². The fraction of sp³-hybridized carbons (Fsp3) is 0.429. The number of carbonyl (C=O) groups excluding carboxylic acids is 2. The molecule has 4 rings (SSSR count). The molecule has 192 valence electrons. The Kier molecular flexibility index (Phi) is 9.49. The van der Waals surface area contributed by atoms with E-state index in [2.05, 4.69) is 79.3 Å². The fourth-order valence-electron chi connectivity index (χ4n) is 4.72. The quantitative estimate of drug-likeness (QED) is 0.496. The summed E-state index contributed by atoms with van der Waals surface area (Å²) >= 11 is 0. The van der Waals surface area contributed by atoms with Crippen LogP contribution < -0.4 is 15.5 Å². The van der Waals surface area contributed by atoms with E-state index in [1.807, 2.05) is 12.1 Å². The van der Waals surface area contributed by atoms with E-state index in [9.17, 15) is 9.59 Å². The van der Waals surface area contributed by atoms with Crippen LogP contribution in [0.15, 0.2) is 67.3 Å². The maximum absolute atomic E-state index is 12.6. The third-order valence-corrected chi connectivity index (χ3v) is 6.78. The lowest BCUT2D eigenvalue weighted by Gasteiger charge is -2.36. The SMILES string of the molecule is C=CCNC(=O)CN1CCN(CC(=O)Nc2ccc(N3CCN(Cc4ccccc4)CC3)cc2)CC1.